The third-order valence-electron chi connectivity index (χ3n) is 6.58. The van der Waals surface area contributed by atoms with Crippen LogP contribution in [0.4, 0.5) is 0 Å². The smallest absolute Gasteiger partial charge is 0.315 e. The molecule has 0 fully saturated rings. The lowest BCUT2D eigenvalue weighted by Gasteiger charge is -2.40. The third kappa shape index (κ3) is 4.97. The number of para-hydroxylation sites is 1. The van der Waals surface area contributed by atoms with E-state index in [-0.39, 0.29) is 24.4 Å². The largest absolute Gasteiger partial charge is 0.497 e. The summed E-state index contributed by atoms with van der Waals surface area (Å²) in [7, 11) is 1.63. The van der Waals surface area contributed by atoms with Gasteiger partial charge in [0.25, 0.3) is 0 Å². The zero-order valence-corrected chi connectivity index (χ0v) is 20.8. The molecular weight excluding hydrogens is 442 g/mol. The molecule has 0 aromatic heterocycles. The zero-order valence-electron chi connectivity index (χ0n) is 20.8. The van der Waals surface area contributed by atoms with Gasteiger partial charge < -0.3 is 19.5 Å². The van der Waals surface area contributed by atoms with Crippen molar-refractivity contribution in [3.8, 4) is 11.5 Å². The molecule has 2 aromatic rings. The number of rotatable bonds is 7. The first kappa shape index (κ1) is 24.6. The number of methoxy groups -OCH3 is 1. The molecule has 4 rings (SSSR count). The molecule has 35 heavy (non-hydrogen) atoms. The highest BCUT2D eigenvalue weighted by atomic mass is 16.5. The number of nitrogens with one attached hydrogen (secondary N) is 1. The molecule has 2 aliphatic rings. The maximum atomic E-state index is 13.7. The molecule has 0 saturated heterocycles. The zero-order chi connectivity index (χ0) is 25.1. The summed E-state index contributed by atoms with van der Waals surface area (Å²) >= 11 is 0. The van der Waals surface area contributed by atoms with Crippen LogP contribution in [-0.2, 0) is 14.3 Å². The van der Waals surface area contributed by atoms with Crippen LogP contribution in [-0.4, -0.2) is 31.6 Å². The molecule has 184 valence electrons. The molecule has 1 aliphatic carbocycles. The summed E-state index contributed by atoms with van der Waals surface area (Å²) in [4.78, 5) is 26.9. The quantitative estimate of drug-likeness (QED) is 0.551. The standard InChI is InChI=1S/C29H33NO5/c1-6-34-29(32)26-18(4)30-23-15-20(19-11-13-21(33-5)14-12-19)16-24(31)28(23)27(26)22-9-7-8-10-25(22)35-17(2)3/h7-14,17,20,26-27,30H,4,6,15-16H2,1-3,5H3. The van der Waals surface area contributed by atoms with Crippen LogP contribution in [0.5, 0.6) is 11.5 Å². The van der Waals surface area contributed by atoms with Gasteiger partial charge in [0.1, 0.15) is 17.4 Å². The fraction of sp³-hybridized carbons (Fsp3) is 0.379. The molecule has 0 radical (unpaired) electrons. The van der Waals surface area contributed by atoms with Crippen LogP contribution in [0.2, 0.25) is 0 Å². The van der Waals surface area contributed by atoms with Crippen LogP contribution >= 0.6 is 0 Å². The second-order valence-corrected chi connectivity index (χ2v) is 9.26. The van der Waals surface area contributed by atoms with Gasteiger partial charge in [-0.1, -0.05) is 36.9 Å². The number of ether oxygens (including phenoxy) is 3. The van der Waals surface area contributed by atoms with Crippen LogP contribution in [0.15, 0.2) is 72.1 Å². The average Bonchev–Trinajstić information content (AvgIpc) is 2.83. The highest BCUT2D eigenvalue weighted by molar-refractivity contribution is 6.01. The van der Waals surface area contributed by atoms with Gasteiger partial charge in [-0.2, -0.15) is 0 Å². The topological polar surface area (TPSA) is 73.9 Å². The summed E-state index contributed by atoms with van der Waals surface area (Å²) < 4.78 is 16.8. The Kier molecular flexibility index (Phi) is 7.29. The van der Waals surface area contributed by atoms with Crippen LogP contribution in [0.1, 0.15) is 56.6 Å². The summed E-state index contributed by atoms with van der Waals surface area (Å²) in [6.45, 7) is 10.1. The first-order valence-electron chi connectivity index (χ1n) is 12.1. The lowest BCUT2D eigenvalue weighted by molar-refractivity contribution is -0.147. The molecule has 1 aliphatic heterocycles. The third-order valence-corrected chi connectivity index (χ3v) is 6.58. The number of hydrogen-bond donors (Lipinski definition) is 1. The van der Waals surface area contributed by atoms with E-state index in [1.807, 2.05) is 62.4 Å². The lowest BCUT2D eigenvalue weighted by atomic mass is 9.69. The van der Waals surface area contributed by atoms with Gasteiger partial charge in [-0.05, 0) is 56.9 Å². The van der Waals surface area contributed by atoms with E-state index in [1.54, 1.807) is 14.0 Å². The number of allylic oxidation sites excluding steroid dienone is 2. The van der Waals surface area contributed by atoms with Crippen molar-refractivity contribution in [3.63, 3.8) is 0 Å². The maximum Gasteiger partial charge on any atom is 0.315 e. The lowest BCUT2D eigenvalue weighted by Crippen LogP contribution is -2.42. The summed E-state index contributed by atoms with van der Waals surface area (Å²) in [5.74, 6) is -0.178. The van der Waals surface area contributed by atoms with E-state index in [4.69, 9.17) is 14.2 Å². The Balaban J connectivity index is 1.80. The van der Waals surface area contributed by atoms with Gasteiger partial charge in [0.15, 0.2) is 5.78 Å². The molecule has 1 N–H and O–H groups in total. The van der Waals surface area contributed by atoms with E-state index < -0.39 is 17.8 Å². The molecular formula is C29H33NO5. The van der Waals surface area contributed by atoms with Gasteiger partial charge in [-0.15, -0.1) is 0 Å². The number of ketones is 1. The maximum absolute atomic E-state index is 13.7. The number of carbonyl (C=O) groups is 2. The Hall–Kier alpha value is -3.54. The van der Waals surface area contributed by atoms with Gasteiger partial charge in [-0.3, -0.25) is 9.59 Å². The first-order valence-corrected chi connectivity index (χ1v) is 12.1. The fourth-order valence-electron chi connectivity index (χ4n) is 5.11. The van der Waals surface area contributed by atoms with Crippen LogP contribution in [0.25, 0.3) is 0 Å². The van der Waals surface area contributed by atoms with E-state index in [1.165, 1.54) is 0 Å². The summed E-state index contributed by atoms with van der Waals surface area (Å²) in [6, 6.07) is 15.5. The van der Waals surface area contributed by atoms with E-state index in [0.29, 0.717) is 29.9 Å². The van der Waals surface area contributed by atoms with Gasteiger partial charge in [0, 0.05) is 34.9 Å². The first-order chi connectivity index (χ1) is 16.8. The predicted molar refractivity (Wildman–Crippen MR) is 134 cm³/mol. The van der Waals surface area contributed by atoms with E-state index in [9.17, 15) is 9.59 Å². The number of benzene rings is 2. The summed E-state index contributed by atoms with van der Waals surface area (Å²) in [5, 5.41) is 3.32. The minimum absolute atomic E-state index is 0.0192. The SMILES string of the molecule is C=C1NC2=C(C(=O)CC(c3ccc(OC)cc3)C2)C(c2ccccc2OC(C)C)C1C(=O)OCC. The number of carbonyl (C=O) groups excluding carboxylic acids is 2. The van der Waals surface area contributed by atoms with Crippen LogP contribution < -0.4 is 14.8 Å². The normalized spacial score (nSPS) is 21.9. The Morgan fingerprint density at radius 3 is 2.49 bits per heavy atom. The molecule has 0 amide bonds. The Labute approximate surface area is 207 Å². The van der Waals surface area contributed by atoms with Crippen molar-refractivity contribution in [1.82, 2.24) is 5.32 Å². The van der Waals surface area contributed by atoms with E-state index in [2.05, 4.69) is 11.9 Å². The monoisotopic (exact) mass is 475 g/mol. The molecule has 0 bridgehead atoms. The van der Waals surface area contributed by atoms with Crippen LogP contribution in [0, 0.1) is 5.92 Å². The number of esters is 1. The minimum atomic E-state index is -0.730. The van der Waals surface area contributed by atoms with Gasteiger partial charge in [0.2, 0.25) is 0 Å². The minimum Gasteiger partial charge on any atom is -0.497 e. The van der Waals surface area contributed by atoms with Crippen LogP contribution in [0.3, 0.4) is 0 Å². The average molecular weight is 476 g/mol. The summed E-state index contributed by atoms with van der Waals surface area (Å²) in [6.07, 6.45) is 0.946. The fourth-order valence-corrected chi connectivity index (χ4v) is 5.11. The Morgan fingerprint density at radius 1 is 1.11 bits per heavy atom. The molecule has 2 aromatic carbocycles. The molecule has 3 unspecified atom stereocenters. The van der Waals surface area contributed by atoms with Gasteiger partial charge in [-0.25, -0.2) is 0 Å². The highest BCUT2D eigenvalue weighted by Gasteiger charge is 2.46. The summed E-state index contributed by atoms with van der Waals surface area (Å²) in [5.41, 5.74) is 3.85. The second-order valence-electron chi connectivity index (χ2n) is 9.26. The second kappa shape index (κ2) is 10.4. The number of hydrogen-bond acceptors (Lipinski definition) is 6. The van der Waals surface area contributed by atoms with Crippen molar-refractivity contribution < 1.29 is 23.8 Å². The molecule has 0 spiro atoms. The molecule has 3 atom stereocenters. The predicted octanol–water partition coefficient (Wildman–Crippen LogP) is 5.26. The van der Waals surface area contributed by atoms with Crippen molar-refractivity contribution in [2.75, 3.05) is 13.7 Å². The molecule has 6 nitrogen and oxygen atoms in total. The van der Waals surface area contributed by atoms with Crippen molar-refractivity contribution >= 4 is 11.8 Å². The Morgan fingerprint density at radius 2 is 1.83 bits per heavy atom. The molecule has 6 heteroatoms. The molecule has 0 saturated carbocycles. The molecule has 1 heterocycles. The van der Waals surface area contributed by atoms with Gasteiger partial charge >= 0.3 is 5.97 Å². The van der Waals surface area contributed by atoms with E-state index >= 15 is 0 Å². The number of Topliss-reactive ketones (excluding diaryl/α,β-unsaturated/α-hetero) is 1. The van der Waals surface area contributed by atoms with Crippen molar-refractivity contribution in [3.05, 3.63) is 83.2 Å². The van der Waals surface area contributed by atoms with E-state index in [0.717, 1.165) is 22.6 Å². The Bertz CT molecular complexity index is 1150. The van der Waals surface area contributed by atoms with Crippen molar-refractivity contribution in [2.45, 2.75) is 51.6 Å². The van der Waals surface area contributed by atoms with Crippen molar-refractivity contribution in [2.24, 2.45) is 5.92 Å². The van der Waals surface area contributed by atoms with Crippen molar-refractivity contribution in [1.29, 1.82) is 0 Å². The highest BCUT2D eigenvalue weighted by Crippen LogP contribution is 2.49. The van der Waals surface area contributed by atoms with Gasteiger partial charge in [0.05, 0.1) is 19.8 Å².